The molecule has 0 bridgehead atoms. The predicted molar refractivity (Wildman–Crippen MR) is 56.4 cm³/mol. The van der Waals surface area contributed by atoms with Gasteiger partial charge in [0.25, 0.3) is 15.5 Å². The van der Waals surface area contributed by atoms with Crippen LogP contribution in [-0.2, 0) is 9.05 Å². The first-order valence-electron chi connectivity index (χ1n) is 3.77. The van der Waals surface area contributed by atoms with Gasteiger partial charge in [0.1, 0.15) is 0 Å². The van der Waals surface area contributed by atoms with Gasteiger partial charge >= 0.3 is 0 Å². The van der Waals surface area contributed by atoms with Crippen LogP contribution < -0.4 is 0 Å². The van der Waals surface area contributed by atoms with Crippen LogP contribution in [0.25, 0.3) is 0 Å². The van der Waals surface area contributed by atoms with Gasteiger partial charge in [0.2, 0.25) is 0 Å². The molecule has 3 nitrogen and oxygen atoms in total. The van der Waals surface area contributed by atoms with E-state index < -0.39 is 30.8 Å². The minimum absolute atomic E-state index is 0.330. The zero-order valence-corrected chi connectivity index (χ0v) is 9.95. The number of rotatable bonds is 2. The van der Waals surface area contributed by atoms with E-state index in [4.69, 9.17) is 15.9 Å². The van der Waals surface area contributed by atoms with Gasteiger partial charge in [-0.1, -0.05) is 0 Å². The van der Waals surface area contributed by atoms with Crippen molar-refractivity contribution in [3.63, 3.8) is 0 Å². The molecule has 0 amide bonds. The summed E-state index contributed by atoms with van der Waals surface area (Å²) in [5.41, 5.74) is -1.06. The summed E-state index contributed by atoms with van der Waals surface area (Å²) in [5, 5.41) is 8.59. The van der Waals surface area contributed by atoms with E-state index >= 15 is 0 Å². The molecule has 8 heteroatoms. The molecule has 0 atom stereocenters. The Bertz CT molecular complexity index is 566. The fourth-order valence-corrected chi connectivity index (χ4v) is 2.87. The van der Waals surface area contributed by atoms with Crippen molar-refractivity contribution in [1.29, 1.82) is 5.26 Å². The highest BCUT2D eigenvalue weighted by Gasteiger charge is 2.23. The summed E-state index contributed by atoms with van der Waals surface area (Å²) >= 11 is 3.67. The van der Waals surface area contributed by atoms with Crippen LogP contribution in [0.15, 0.2) is 21.9 Å². The van der Waals surface area contributed by atoms with E-state index in [0.29, 0.717) is 0 Å². The van der Waals surface area contributed by atoms with Crippen molar-refractivity contribution in [3.05, 3.63) is 23.3 Å². The lowest BCUT2D eigenvalue weighted by molar-refractivity contribution is 0.147. The molecule has 0 spiro atoms. The average Bonchev–Trinajstić information content (AvgIpc) is 2.14. The van der Waals surface area contributed by atoms with Crippen LogP contribution in [-0.4, -0.2) is 8.42 Å². The Labute approximate surface area is 100 Å². The highest BCUT2D eigenvalue weighted by Crippen LogP contribution is 2.34. The molecule has 0 N–H and O–H groups in total. The van der Waals surface area contributed by atoms with E-state index in [2.05, 4.69) is 12.6 Å². The summed E-state index contributed by atoms with van der Waals surface area (Å²) in [6.07, 6.45) is -3.00. The first-order valence-corrected chi connectivity index (χ1v) is 6.53. The number of halogens is 3. The standard InChI is InChI=1S/C8H4ClF2NO2S2/c9-16(13,14)5-2-1-4(3-12)6(7(5)15)8(10)11/h1-2,8,15H. The number of hydrogen-bond acceptors (Lipinski definition) is 4. The van der Waals surface area contributed by atoms with E-state index in [0.717, 1.165) is 12.1 Å². The molecule has 0 heterocycles. The molecular weight excluding hydrogens is 280 g/mol. The van der Waals surface area contributed by atoms with Gasteiger partial charge in [-0.05, 0) is 12.1 Å². The molecule has 0 saturated carbocycles. The summed E-state index contributed by atoms with van der Waals surface area (Å²) in [4.78, 5) is -1.03. The second-order valence-corrected chi connectivity index (χ2v) is 5.71. The summed E-state index contributed by atoms with van der Waals surface area (Å²) in [7, 11) is 0.870. The smallest absolute Gasteiger partial charge is 0.207 e. The molecule has 0 unspecified atom stereocenters. The molecule has 0 aliphatic heterocycles. The summed E-state index contributed by atoms with van der Waals surface area (Å²) in [6, 6.07) is 3.47. The molecule has 1 rings (SSSR count). The Morgan fingerprint density at radius 1 is 1.44 bits per heavy atom. The molecule has 0 aliphatic rings. The van der Waals surface area contributed by atoms with E-state index in [1.165, 1.54) is 6.07 Å². The summed E-state index contributed by atoms with van der Waals surface area (Å²) < 4.78 is 47.2. The van der Waals surface area contributed by atoms with E-state index in [1.807, 2.05) is 0 Å². The number of hydrogen-bond donors (Lipinski definition) is 1. The van der Waals surface area contributed by atoms with Gasteiger partial charge in [-0.25, -0.2) is 17.2 Å². The monoisotopic (exact) mass is 283 g/mol. The molecular formula is C8H4ClF2NO2S2. The molecule has 0 fully saturated rings. The van der Waals surface area contributed by atoms with Gasteiger partial charge in [-0.2, -0.15) is 5.26 Å². The quantitative estimate of drug-likeness (QED) is 0.671. The van der Waals surface area contributed by atoms with Gasteiger partial charge < -0.3 is 0 Å². The molecule has 0 aliphatic carbocycles. The van der Waals surface area contributed by atoms with Crippen molar-refractivity contribution in [2.45, 2.75) is 16.2 Å². The van der Waals surface area contributed by atoms with Crippen LogP contribution in [0.3, 0.4) is 0 Å². The highest BCUT2D eigenvalue weighted by molar-refractivity contribution is 8.14. The Morgan fingerprint density at radius 2 is 2.00 bits per heavy atom. The summed E-state index contributed by atoms with van der Waals surface area (Å²) in [6.45, 7) is 0. The van der Waals surface area contributed by atoms with Gasteiger partial charge in [0, 0.05) is 15.6 Å². The zero-order valence-electron chi connectivity index (χ0n) is 7.49. The van der Waals surface area contributed by atoms with Gasteiger partial charge in [0.05, 0.1) is 22.1 Å². The van der Waals surface area contributed by atoms with E-state index in [-0.39, 0.29) is 5.56 Å². The van der Waals surface area contributed by atoms with Gasteiger partial charge in [0.15, 0.2) is 0 Å². The van der Waals surface area contributed by atoms with E-state index in [1.54, 1.807) is 0 Å². The van der Waals surface area contributed by atoms with Crippen molar-refractivity contribution >= 4 is 32.4 Å². The molecule has 0 saturated heterocycles. The Kier molecular flexibility index (Phi) is 3.78. The molecule has 1 aromatic carbocycles. The second-order valence-electron chi connectivity index (χ2n) is 2.72. The number of thiol groups is 1. The maximum Gasteiger partial charge on any atom is 0.266 e. The summed E-state index contributed by atoms with van der Waals surface area (Å²) in [5.74, 6) is 0. The minimum atomic E-state index is -4.16. The van der Waals surface area contributed by atoms with Crippen molar-refractivity contribution in [2.24, 2.45) is 0 Å². The largest absolute Gasteiger partial charge is 0.266 e. The number of benzene rings is 1. The topological polar surface area (TPSA) is 57.9 Å². The van der Waals surface area contributed by atoms with Crippen LogP contribution in [0.4, 0.5) is 8.78 Å². The lowest BCUT2D eigenvalue weighted by atomic mass is 10.1. The Morgan fingerprint density at radius 3 is 2.38 bits per heavy atom. The minimum Gasteiger partial charge on any atom is -0.207 e. The predicted octanol–water partition coefficient (Wildman–Crippen LogP) is 2.71. The Hall–Kier alpha value is -0.840. The molecule has 16 heavy (non-hydrogen) atoms. The highest BCUT2D eigenvalue weighted by atomic mass is 35.7. The molecule has 0 radical (unpaired) electrons. The fraction of sp³-hybridized carbons (Fsp3) is 0.125. The van der Waals surface area contributed by atoms with Crippen LogP contribution in [0, 0.1) is 11.3 Å². The van der Waals surface area contributed by atoms with E-state index in [9.17, 15) is 17.2 Å². The third kappa shape index (κ3) is 2.45. The fourth-order valence-electron chi connectivity index (χ4n) is 1.10. The number of nitrogens with zero attached hydrogens (tertiary/aromatic N) is 1. The maximum absolute atomic E-state index is 12.6. The molecule has 0 aromatic heterocycles. The van der Waals surface area contributed by atoms with Crippen molar-refractivity contribution in [2.75, 3.05) is 0 Å². The normalized spacial score (nSPS) is 11.5. The lowest BCUT2D eigenvalue weighted by Gasteiger charge is -2.09. The average molecular weight is 284 g/mol. The third-order valence-corrected chi connectivity index (χ3v) is 3.78. The first kappa shape index (κ1) is 13.2. The van der Waals surface area contributed by atoms with Crippen molar-refractivity contribution in [1.82, 2.24) is 0 Å². The molecule has 1 aromatic rings. The van der Waals surface area contributed by atoms with Gasteiger partial charge in [-0.15, -0.1) is 12.6 Å². The van der Waals surface area contributed by atoms with Crippen LogP contribution in [0.5, 0.6) is 0 Å². The lowest BCUT2D eigenvalue weighted by Crippen LogP contribution is -2.00. The van der Waals surface area contributed by atoms with Crippen LogP contribution >= 0.6 is 23.3 Å². The SMILES string of the molecule is N#Cc1ccc(S(=O)(=O)Cl)c(S)c1C(F)F. The number of nitriles is 1. The van der Waals surface area contributed by atoms with Crippen molar-refractivity contribution in [3.8, 4) is 6.07 Å². The Balaban J connectivity index is 3.65. The van der Waals surface area contributed by atoms with Crippen LogP contribution in [0.1, 0.15) is 17.6 Å². The number of alkyl halides is 2. The zero-order chi connectivity index (χ0) is 12.5. The van der Waals surface area contributed by atoms with Crippen molar-refractivity contribution < 1.29 is 17.2 Å². The molecule has 86 valence electrons. The second kappa shape index (κ2) is 4.57. The third-order valence-electron chi connectivity index (χ3n) is 1.78. The van der Waals surface area contributed by atoms with Crippen LogP contribution in [0.2, 0.25) is 0 Å². The first-order chi connectivity index (χ1) is 7.29. The van der Waals surface area contributed by atoms with Gasteiger partial charge in [-0.3, -0.25) is 0 Å². The maximum atomic E-state index is 12.6.